The lowest BCUT2D eigenvalue weighted by molar-refractivity contribution is -0.115. The number of aromatic nitrogens is 1. The molecule has 0 aliphatic heterocycles. The van der Waals surface area contributed by atoms with Gasteiger partial charge in [0.25, 0.3) is 0 Å². The van der Waals surface area contributed by atoms with Crippen molar-refractivity contribution in [3.63, 3.8) is 0 Å². The first kappa shape index (κ1) is 16.6. The van der Waals surface area contributed by atoms with Gasteiger partial charge >= 0.3 is 0 Å². The highest BCUT2D eigenvalue weighted by Gasteiger charge is 2.07. The number of nitrogens with one attached hydrogen (secondary N) is 2. The number of carbonyl (C=O) groups is 1. The molecule has 0 fully saturated rings. The van der Waals surface area contributed by atoms with Gasteiger partial charge in [-0.25, -0.2) is 0 Å². The highest BCUT2D eigenvalue weighted by atomic mass is 35.5. The fourth-order valence-electron chi connectivity index (χ4n) is 2.36. The lowest BCUT2D eigenvalue weighted by Gasteiger charge is -2.10. The average molecular weight is 360 g/mol. The first-order valence-corrected chi connectivity index (χ1v) is 8.21. The summed E-state index contributed by atoms with van der Waals surface area (Å²) in [7, 11) is 0. The maximum Gasteiger partial charge on any atom is 0.226 e. The van der Waals surface area contributed by atoms with Gasteiger partial charge < -0.3 is 10.6 Å². The third-order valence-corrected chi connectivity index (χ3v) is 4.05. The zero-order chi connectivity index (χ0) is 16.9. The summed E-state index contributed by atoms with van der Waals surface area (Å²) in [5, 5.41) is 8.12. The van der Waals surface area contributed by atoms with Crippen LogP contribution in [0.4, 0.5) is 11.4 Å². The summed E-state index contributed by atoms with van der Waals surface area (Å²) in [5.41, 5.74) is 2.24. The van der Waals surface area contributed by atoms with Crippen LogP contribution in [0.5, 0.6) is 0 Å². The van der Waals surface area contributed by atoms with Crippen molar-refractivity contribution in [1.82, 2.24) is 4.98 Å². The molecule has 6 heteroatoms. The van der Waals surface area contributed by atoms with E-state index in [-0.39, 0.29) is 5.91 Å². The topological polar surface area (TPSA) is 54.0 Å². The smallest absolute Gasteiger partial charge is 0.226 e. The lowest BCUT2D eigenvalue weighted by Crippen LogP contribution is -2.16. The Morgan fingerprint density at radius 2 is 1.88 bits per heavy atom. The monoisotopic (exact) mass is 359 g/mol. The molecule has 1 amide bonds. The van der Waals surface area contributed by atoms with E-state index in [9.17, 15) is 4.79 Å². The second-order valence-electron chi connectivity index (χ2n) is 5.23. The summed E-state index contributed by atoms with van der Waals surface area (Å²) in [6.45, 7) is 0.464. The van der Waals surface area contributed by atoms with E-state index in [1.54, 1.807) is 24.4 Å². The quantitative estimate of drug-likeness (QED) is 0.675. The van der Waals surface area contributed by atoms with Gasteiger partial charge in [0.15, 0.2) is 0 Å². The molecule has 0 aliphatic rings. The van der Waals surface area contributed by atoms with E-state index in [2.05, 4.69) is 15.6 Å². The van der Waals surface area contributed by atoms with Gasteiger partial charge in [0, 0.05) is 29.6 Å². The number of anilines is 2. The molecule has 0 bridgehead atoms. The van der Waals surface area contributed by atoms with Crippen LogP contribution in [-0.4, -0.2) is 17.4 Å². The van der Waals surface area contributed by atoms with Crippen molar-refractivity contribution in [3.05, 3.63) is 64.8 Å². The van der Waals surface area contributed by atoms with Crippen molar-refractivity contribution in [1.29, 1.82) is 0 Å². The summed E-state index contributed by atoms with van der Waals surface area (Å²) < 4.78 is 0. The predicted octanol–water partition coefficient (Wildman–Crippen LogP) is 4.98. The maximum absolute atomic E-state index is 12.2. The largest absolute Gasteiger partial charge is 0.383 e. The van der Waals surface area contributed by atoms with E-state index >= 15 is 0 Å². The highest BCUT2D eigenvalue weighted by Crippen LogP contribution is 2.25. The van der Waals surface area contributed by atoms with E-state index < -0.39 is 0 Å². The van der Waals surface area contributed by atoms with Crippen LogP contribution in [0, 0.1) is 0 Å². The molecule has 1 heterocycles. The molecule has 0 saturated carbocycles. The third kappa shape index (κ3) is 3.96. The lowest BCUT2D eigenvalue weighted by atomic mass is 10.2. The minimum absolute atomic E-state index is 0.0919. The summed E-state index contributed by atoms with van der Waals surface area (Å²) in [4.78, 5) is 16.5. The second-order valence-corrected chi connectivity index (χ2v) is 6.07. The summed E-state index contributed by atoms with van der Waals surface area (Å²) >= 11 is 11.9. The van der Waals surface area contributed by atoms with Crippen LogP contribution >= 0.6 is 23.2 Å². The molecule has 122 valence electrons. The third-order valence-electron chi connectivity index (χ3n) is 3.51. The van der Waals surface area contributed by atoms with Crippen LogP contribution < -0.4 is 10.6 Å². The van der Waals surface area contributed by atoms with Crippen LogP contribution in [0.15, 0.2) is 54.7 Å². The van der Waals surface area contributed by atoms with E-state index in [4.69, 9.17) is 23.2 Å². The van der Waals surface area contributed by atoms with Crippen molar-refractivity contribution >= 4 is 51.4 Å². The Labute approximate surface area is 149 Å². The average Bonchev–Trinajstić information content (AvgIpc) is 2.57. The number of rotatable bonds is 5. The molecule has 0 atom stereocenters. The fraction of sp³-hybridized carbons (Fsp3) is 0.111. The van der Waals surface area contributed by atoms with Gasteiger partial charge in [-0.3, -0.25) is 9.78 Å². The minimum atomic E-state index is -0.0919. The number of pyridine rings is 1. The maximum atomic E-state index is 12.2. The number of fused-ring (bicyclic) bond motifs is 1. The number of para-hydroxylation sites is 1. The summed E-state index contributed by atoms with van der Waals surface area (Å²) in [6.07, 6.45) is 2.02. The van der Waals surface area contributed by atoms with Crippen LogP contribution in [-0.2, 0) is 4.79 Å². The van der Waals surface area contributed by atoms with Crippen LogP contribution in [0.3, 0.4) is 0 Å². The molecule has 0 spiro atoms. The molecule has 1 aromatic heterocycles. The van der Waals surface area contributed by atoms with E-state index in [1.807, 2.05) is 30.3 Å². The van der Waals surface area contributed by atoms with Crippen LogP contribution in [0.25, 0.3) is 10.9 Å². The first-order chi connectivity index (χ1) is 11.6. The molecule has 4 nitrogen and oxygen atoms in total. The second kappa shape index (κ2) is 7.51. The van der Waals surface area contributed by atoms with Gasteiger partial charge in [0.2, 0.25) is 5.91 Å². The Morgan fingerprint density at radius 3 is 2.71 bits per heavy atom. The number of carbonyl (C=O) groups excluding carboxylic acids is 1. The molecule has 24 heavy (non-hydrogen) atoms. The Bertz CT molecular complexity index is 878. The van der Waals surface area contributed by atoms with Crippen molar-refractivity contribution in [2.24, 2.45) is 0 Å². The van der Waals surface area contributed by atoms with Crippen molar-refractivity contribution in [2.45, 2.75) is 6.42 Å². The molecule has 3 aromatic rings. The normalized spacial score (nSPS) is 10.6. The van der Waals surface area contributed by atoms with Crippen molar-refractivity contribution in [3.8, 4) is 0 Å². The number of nitrogens with zero attached hydrogens (tertiary/aromatic N) is 1. The number of halogens is 2. The standard InChI is InChI=1S/C18H15Cl2N3O/c19-13-6-7-15(14(20)11-13)21-10-8-17(24)23-16-5-1-3-12-4-2-9-22-18(12)16/h1-7,9,11,21H,8,10H2,(H,23,24). The van der Waals surface area contributed by atoms with Crippen LogP contribution in [0.1, 0.15) is 6.42 Å². The molecular formula is C18H15Cl2N3O. The molecule has 0 saturated heterocycles. The number of hydrogen-bond acceptors (Lipinski definition) is 3. The molecule has 2 aromatic carbocycles. The zero-order valence-electron chi connectivity index (χ0n) is 12.7. The van der Waals surface area contributed by atoms with Gasteiger partial charge in [-0.2, -0.15) is 0 Å². The van der Waals surface area contributed by atoms with E-state index in [0.717, 1.165) is 16.6 Å². The summed E-state index contributed by atoms with van der Waals surface area (Å²) in [6, 6.07) is 14.7. The summed E-state index contributed by atoms with van der Waals surface area (Å²) in [5.74, 6) is -0.0919. The highest BCUT2D eigenvalue weighted by molar-refractivity contribution is 6.36. The molecule has 2 N–H and O–H groups in total. The molecular weight excluding hydrogens is 345 g/mol. The van der Waals surface area contributed by atoms with E-state index in [0.29, 0.717) is 28.7 Å². The predicted molar refractivity (Wildman–Crippen MR) is 99.9 cm³/mol. The Hall–Kier alpha value is -2.30. The van der Waals surface area contributed by atoms with Gasteiger partial charge in [-0.15, -0.1) is 0 Å². The van der Waals surface area contributed by atoms with Crippen molar-refractivity contribution in [2.75, 3.05) is 17.2 Å². The van der Waals surface area contributed by atoms with Crippen LogP contribution in [0.2, 0.25) is 10.0 Å². The van der Waals surface area contributed by atoms with Gasteiger partial charge in [-0.1, -0.05) is 41.4 Å². The SMILES string of the molecule is O=C(CCNc1ccc(Cl)cc1Cl)Nc1cccc2cccnc12. The van der Waals surface area contributed by atoms with Crippen molar-refractivity contribution < 1.29 is 4.79 Å². The minimum Gasteiger partial charge on any atom is -0.383 e. The Kier molecular flexibility index (Phi) is 5.18. The number of benzene rings is 2. The fourth-order valence-corrected chi connectivity index (χ4v) is 2.84. The first-order valence-electron chi connectivity index (χ1n) is 7.46. The molecule has 0 unspecified atom stereocenters. The van der Waals surface area contributed by atoms with Gasteiger partial charge in [0.05, 0.1) is 21.9 Å². The Morgan fingerprint density at radius 1 is 1.04 bits per heavy atom. The van der Waals surface area contributed by atoms with Gasteiger partial charge in [0.1, 0.15) is 0 Å². The molecule has 0 radical (unpaired) electrons. The number of hydrogen-bond donors (Lipinski definition) is 2. The van der Waals surface area contributed by atoms with Gasteiger partial charge in [-0.05, 0) is 30.3 Å². The molecule has 3 rings (SSSR count). The Balaban J connectivity index is 1.59. The molecule has 0 aliphatic carbocycles. The zero-order valence-corrected chi connectivity index (χ0v) is 14.2. The van der Waals surface area contributed by atoms with E-state index in [1.165, 1.54) is 0 Å². The number of amides is 1.